The van der Waals surface area contributed by atoms with Gasteiger partial charge in [0.2, 0.25) is 0 Å². The first-order chi connectivity index (χ1) is 8.75. The van der Waals surface area contributed by atoms with Crippen molar-refractivity contribution in [3.63, 3.8) is 0 Å². The maximum absolute atomic E-state index is 3.76. The molecule has 0 aromatic heterocycles. The van der Waals surface area contributed by atoms with Crippen LogP contribution < -0.4 is 5.43 Å². The van der Waals surface area contributed by atoms with Crippen LogP contribution >= 0.6 is 0 Å². The summed E-state index contributed by atoms with van der Waals surface area (Å²) in [5, 5.41) is 2.38. The van der Waals surface area contributed by atoms with E-state index in [2.05, 4.69) is 75.6 Å². The van der Waals surface area contributed by atoms with Crippen LogP contribution in [0.2, 0.25) is 0 Å². The zero-order chi connectivity index (χ0) is 14.7. The Morgan fingerprint density at radius 3 is 1.42 bits per heavy atom. The van der Waals surface area contributed by atoms with Gasteiger partial charge < -0.3 is 0 Å². The molecule has 1 heterocycles. The van der Waals surface area contributed by atoms with Gasteiger partial charge in [-0.3, -0.25) is 9.80 Å². The molecule has 1 N–H and O–H groups in total. The van der Waals surface area contributed by atoms with Crippen molar-refractivity contribution < 1.29 is 0 Å². The quantitative estimate of drug-likeness (QED) is 0.748. The van der Waals surface area contributed by atoms with Crippen LogP contribution in [0.3, 0.4) is 0 Å². The molecular formula is C15H34N4. The second-order valence-corrected chi connectivity index (χ2v) is 6.76. The number of rotatable bonds is 6. The van der Waals surface area contributed by atoms with Gasteiger partial charge in [-0.15, -0.1) is 0 Å². The van der Waals surface area contributed by atoms with Crippen LogP contribution in [-0.2, 0) is 0 Å². The first-order valence-corrected chi connectivity index (χ1v) is 7.81. The molecule has 1 aliphatic rings. The molecule has 0 bridgehead atoms. The lowest BCUT2D eigenvalue weighted by molar-refractivity contribution is -0.0334. The molecule has 0 aliphatic carbocycles. The fraction of sp³-hybridized carbons (Fsp3) is 1.00. The predicted octanol–water partition coefficient (Wildman–Crippen LogP) is 2.33. The van der Waals surface area contributed by atoms with E-state index in [1.807, 2.05) is 0 Å². The topological polar surface area (TPSA) is 21.8 Å². The minimum atomic E-state index is 0.324. The van der Waals surface area contributed by atoms with E-state index in [-0.39, 0.29) is 0 Å². The van der Waals surface area contributed by atoms with Crippen LogP contribution in [0.4, 0.5) is 0 Å². The Morgan fingerprint density at radius 2 is 1.16 bits per heavy atom. The Kier molecular flexibility index (Phi) is 6.24. The van der Waals surface area contributed by atoms with Crippen molar-refractivity contribution >= 4 is 0 Å². The summed E-state index contributed by atoms with van der Waals surface area (Å²) in [6, 6.07) is 2.15. The third-order valence-corrected chi connectivity index (χ3v) is 3.95. The SMILES string of the molecule is CC(C)N1CCN(C(C)C)C1NN(C(C)C)C(C)C. The average molecular weight is 270 g/mol. The van der Waals surface area contributed by atoms with Gasteiger partial charge in [0, 0.05) is 37.3 Å². The molecule has 0 atom stereocenters. The van der Waals surface area contributed by atoms with E-state index in [1.165, 1.54) is 0 Å². The molecule has 1 fully saturated rings. The lowest BCUT2D eigenvalue weighted by atomic mass is 10.3. The molecule has 0 amide bonds. The third-order valence-electron chi connectivity index (χ3n) is 3.95. The molecule has 0 unspecified atom stereocenters. The third kappa shape index (κ3) is 4.15. The Balaban J connectivity index is 2.83. The van der Waals surface area contributed by atoms with E-state index in [9.17, 15) is 0 Å². The highest BCUT2D eigenvalue weighted by atomic mass is 15.7. The first-order valence-electron chi connectivity index (χ1n) is 7.81. The van der Waals surface area contributed by atoms with Gasteiger partial charge in [-0.25, -0.2) is 10.4 Å². The fourth-order valence-corrected chi connectivity index (χ4v) is 2.92. The Morgan fingerprint density at radius 1 is 0.789 bits per heavy atom. The van der Waals surface area contributed by atoms with Gasteiger partial charge in [0.1, 0.15) is 6.29 Å². The van der Waals surface area contributed by atoms with Crippen molar-refractivity contribution in [1.82, 2.24) is 20.2 Å². The summed E-state index contributed by atoms with van der Waals surface area (Å²) in [5.74, 6) is 0. The smallest absolute Gasteiger partial charge is 0.130 e. The molecule has 0 saturated carbocycles. The molecule has 0 aromatic rings. The zero-order valence-electron chi connectivity index (χ0n) is 14.1. The van der Waals surface area contributed by atoms with Crippen LogP contribution in [0, 0.1) is 0 Å². The van der Waals surface area contributed by atoms with Crippen LogP contribution in [0.5, 0.6) is 0 Å². The Hall–Kier alpha value is -0.160. The second-order valence-electron chi connectivity index (χ2n) is 6.76. The van der Waals surface area contributed by atoms with Crippen molar-refractivity contribution in [2.24, 2.45) is 0 Å². The van der Waals surface area contributed by atoms with Crippen LogP contribution in [0.25, 0.3) is 0 Å². The van der Waals surface area contributed by atoms with Crippen LogP contribution in [0.1, 0.15) is 55.4 Å². The molecule has 0 spiro atoms. The van der Waals surface area contributed by atoms with E-state index in [1.54, 1.807) is 0 Å². The maximum Gasteiger partial charge on any atom is 0.130 e. The first kappa shape index (κ1) is 16.9. The number of hydrogen-bond donors (Lipinski definition) is 1. The summed E-state index contributed by atoms with van der Waals surface area (Å²) in [7, 11) is 0. The average Bonchev–Trinajstić information content (AvgIpc) is 2.68. The summed E-state index contributed by atoms with van der Waals surface area (Å²) < 4.78 is 0. The zero-order valence-corrected chi connectivity index (χ0v) is 14.1. The molecule has 4 nitrogen and oxygen atoms in total. The number of hydrogen-bond acceptors (Lipinski definition) is 4. The number of nitrogens with one attached hydrogen (secondary N) is 1. The molecule has 0 radical (unpaired) electrons. The standard InChI is InChI=1S/C15H34N4/c1-11(2)17-9-10-18(12(3)4)15(17)16-19(13(5)6)14(7)8/h11-16H,9-10H2,1-8H3. The van der Waals surface area contributed by atoms with Gasteiger partial charge in [-0.05, 0) is 55.4 Å². The number of hydrazine groups is 1. The summed E-state index contributed by atoms with van der Waals surface area (Å²) in [6.07, 6.45) is 0.324. The van der Waals surface area contributed by atoms with Crippen molar-refractivity contribution in [3.8, 4) is 0 Å². The summed E-state index contributed by atoms with van der Waals surface area (Å²) >= 11 is 0. The van der Waals surface area contributed by atoms with Crippen molar-refractivity contribution in [2.45, 2.75) is 85.8 Å². The minimum Gasteiger partial charge on any atom is -0.271 e. The van der Waals surface area contributed by atoms with E-state index in [4.69, 9.17) is 0 Å². The lowest BCUT2D eigenvalue weighted by Gasteiger charge is -2.41. The van der Waals surface area contributed by atoms with Crippen molar-refractivity contribution in [2.75, 3.05) is 13.1 Å². The molecule has 1 aliphatic heterocycles. The van der Waals surface area contributed by atoms with E-state index in [0.717, 1.165) is 13.1 Å². The summed E-state index contributed by atoms with van der Waals surface area (Å²) in [5.41, 5.74) is 3.76. The highest BCUT2D eigenvalue weighted by Crippen LogP contribution is 2.19. The van der Waals surface area contributed by atoms with Crippen LogP contribution in [0.15, 0.2) is 0 Å². The van der Waals surface area contributed by atoms with Gasteiger partial charge in [-0.1, -0.05) is 0 Å². The molecule has 1 saturated heterocycles. The molecule has 1 rings (SSSR count). The van der Waals surface area contributed by atoms with Crippen LogP contribution in [-0.4, -0.2) is 58.4 Å². The van der Waals surface area contributed by atoms with Crippen molar-refractivity contribution in [1.29, 1.82) is 0 Å². The highest BCUT2D eigenvalue weighted by Gasteiger charge is 2.36. The molecule has 114 valence electrons. The lowest BCUT2D eigenvalue weighted by Crippen LogP contribution is -2.61. The predicted molar refractivity (Wildman–Crippen MR) is 82.7 cm³/mol. The van der Waals surface area contributed by atoms with Gasteiger partial charge >= 0.3 is 0 Å². The maximum atomic E-state index is 3.76. The molecule has 4 heteroatoms. The van der Waals surface area contributed by atoms with Crippen molar-refractivity contribution in [3.05, 3.63) is 0 Å². The largest absolute Gasteiger partial charge is 0.271 e. The minimum absolute atomic E-state index is 0.324. The Bertz CT molecular complexity index is 227. The fourth-order valence-electron chi connectivity index (χ4n) is 2.92. The van der Waals surface area contributed by atoms with Gasteiger partial charge in [0.05, 0.1) is 0 Å². The van der Waals surface area contributed by atoms with Gasteiger partial charge in [0.25, 0.3) is 0 Å². The van der Waals surface area contributed by atoms with Gasteiger partial charge in [0.15, 0.2) is 0 Å². The summed E-state index contributed by atoms with van der Waals surface area (Å²) in [6.45, 7) is 20.4. The van der Waals surface area contributed by atoms with Gasteiger partial charge in [-0.2, -0.15) is 0 Å². The molecule has 0 aromatic carbocycles. The monoisotopic (exact) mass is 270 g/mol. The number of nitrogens with zero attached hydrogens (tertiary/aromatic N) is 3. The van der Waals surface area contributed by atoms with E-state index in [0.29, 0.717) is 30.5 Å². The highest BCUT2D eigenvalue weighted by molar-refractivity contribution is 4.84. The molecule has 19 heavy (non-hydrogen) atoms. The van der Waals surface area contributed by atoms with E-state index < -0.39 is 0 Å². The van der Waals surface area contributed by atoms with E-state index >= 15 is 0 Å². The second kappa shape index (κ2) is 7.02. The Labute approximate surface area is 120 Å². The normalized spacial score (nSPS) is 20.1. The summed E-state index contributed by atoms with van der Waals surface area (Å²) in [4.78, 5) is 5.11. The molecular weight excluding hydrogens is 236 g/mol.